The van der Waals surface area contributed by atoms with Gasteiger partial charge in [-0.1, -0.05) is 191 Å². The third kappa shape index (κ3) is 25.5. The molecular formula is C46H72N2Pd. The van der Waals surface area contributed by atoms with Crippen LogP contribution in [0.25, 0.3) is 12.2 Å². The number of benzene rings is 2. The zero-order valence-electron chi connectivity index (χ0n) is 31.9. The molecule has 2 nitrogen and oxygen atoms in total. The van der Waals surface area contributed by atoms with E-state index in [-0.39, 0.29) is 20.4 Å². The Morgan fingerprint density at radius 1 is 0.490 bits per heavy atom. The van der Waals surface area contributed by atoms with Crippen molar-refractivity contribution in [1.82, 2.24) is 0 Å². The second-order valence-electron chi connectivity index (χ2n) is 13.9. The first-order valence-corrected chi connectivity index (χ1v) is 20.4. The first-order valence-electron chi connectivity index (χ1n) is 20.4. The molecule has 0 aliphatic heterocycles. The summed E-state index contributed by atoms with van der Waals surface area (Å²) >= 11 is 0. The molecule has 0 unspecified atom stereocenters. The maximum atomic E-state index is 5.04. The van der Waals surface area contributed by atoms with Crippen LogP contribution in [-0.2, 0) is 20.4 Å². The average molecular weight is 760 g/mol. The SMILES string of the molecule is CCCCCCCCCCCCC=Cc1cccc(N=CC(CCCC)=Nc2cccc(C=CCCCCCCCCCCCC)c2)c1.[Pd]. The van der Waals surface area contributed by atoms with Gasteiger partial charge in [-0.25, -0.2) is 0 Å². The Labute approximate surface area is 317 Å². The van der Waals surface area contributed by atoms with Gasteiger partial charge in [-0.2, -0.15) is 0 Å². The topological polar surface area (TPSA) is 24.7 Å². The average Bonchev–Trinajstić information content (AvgIpc) is 3.10. The predicted octanol–water partition coefficient (Wildman–Crippen LogP) is 16.0. The van der Waals surface area contributed by atoms with Crippen molar-refractivity contribution in [3.8, 4) is 0 Å². The van der Waals surface area contributed by atoms with Gasteiger partial charge in [0.15, 0.2) is 0 Å². The maximum absolute atomic E-state index is 5.04. The third-order valence-corrected chi connectivity index (χ3v) is 9.23. The van der Waals surface area contributed by atoms with E-state index < -0.39 is 0 Å². The minimum Gasteiger partial charge on any atom is -0.255 e. The maximum Gasteiger partial charge on any atom is 0.0639 e. The molecule has 0 N–H and O–H groups in total. The van der Waals surface area contributed by atoms with Gasteiger partial charge in [0.2, 0.25) is 0 Å². The minimum absolute atomic E-state index is 0. The quantitative estimate of drug-likeness (QED) is 0.0431. The van der Waals surface area contributed by atoms with E-state index in [1.54, 1.807) is 0 Å². The van der Waals surface area contributed by atoms with Crippen LogP contribution in [0.4, 0.5) is 11.4 Å². The molecule has 0 aliphatic carbocycles. The van der Waals surface area contributed by atoms with E-state index in [4.69, 9.17) is 9.98 Å². The molecule has 0 saturated heterocycles. The van der Waals surface area contributed by atoms with Crippen molar-refractivity contribution in [2.45, 2.75) is 181 Å². The van der Waals surface area contributed by atoms with Crippen molar-refractivity contribution in [1.29, 1.82) is 0 Å². The molecule has 0 amide bonds. The number of aliphatic imine (C=N–C) groups is 2. The second-order valence-corrected chi connectivity index (χ2v) is 13.9. The number of rotatable bonds is 30. The molecule has 3 heteroatoms. The summed E-state index contributed by atoms with van der Waals surface area (Å²) in [4.78, 5) is 9.89. The predicted molar refractivity (Wildman–Crippen MR) is 219 cm³/mol. The van der Waals surface area contributed by atoms with Crippen LogP contribution >= 0.6 is 0 Å². The smallest absolute Gasteiger partial charge is 0.0639 e. The van der Waals surface area contributed by atoms with Gasteiger partial charge in [-0.05, 0) is 73.9 Å². The van der Waals surface area contributed by atoms with Gasteiger partial charge in [-0.15, -0.1) is 0 Å². The van der Waals surface area contributed by atoms with Gasteiger partial charge in [0, 0.05) is 26.6 Å². The van der Waals surface area contributed by atoms with Crippen molar-refractivity contribution >= 4 is 35.5 Å². The third-order valence-electron chi connectivity index (χ3n) is 9.23. The number of unbranched alkanes of at least 4 members (excludes halogenated alkanes) is 21. The fraction of sp³-hybridized carbons (Fsp3) is 0.609. The van der Waals surface area contributed by atoms with Crippen LogP contribution in [0, 0.1) is 0 Å². The standard InChI is InChI=1S/C46H72N2.Pd/c1-4-7-10-12-14-16-18-20-22-24-26-28-32-42-34-30-37-44(39-42)47-41-46(36-9-6-3)48-45-38-31-35-43(40-45)33-29-27-25-23-21-19-17-15-13-11-8-5-2;/h28-35,37-41H,4-27,36H2,1-3H3;. The summed E-state index contributed by atoms with van der Waals surface area (Å²) in [5.74, 6) is 0. The summed E-state index contributed by atoms with van der Waals surface area (Å²) < 4.78 is 0. The zero-order chi connectivity index (χ0) is 34.2. The molecule has 2 aromatic carbocycles. The van der Waals surface area contributed by atoms with Gasteiger partial charge in [0.05, 0.1) is 17.1 Å². The Kier molecular flexibility index (Phi) is 30.3. The molecule has 0 spiro atoms. The first-order chi connectivity index (χ1) is 23.7. The fourth-order valence-corrected chi connectivity index (χ4v) is 6.17. The van der Waals surface area contributed by atoms with Gasteiger partial charge >= 0.3 is 0 Å². The van der Waals surface area contributed by atoms with Crippen LogP contribution in [0.5, 0.6) is 0 Å². The molecule has 0 bridgehead atoms. The van der Waals surface area contributed by atoms with Crippen LogP contribution in [0.2, 0.25) is 0 Å². The summed E-state index contributed by atoms with van der Waals surface area (Å²) in [6, 6.07) is 17.2. The van der Waals surface area contributed by atoms with Crippen LogP contribution in [0.1, 0.15) is 192 Å². The zero-order valence-corrected chi connectivity index (χ0v) is 33.4. The Balaban J connectivity index is 0.0000120. The van der Waals surface area contributed by atoms with Crippen molar-refractivity contribution < 1.29 is 20.4 Å². The van der Waals surface area contributed by atoms with Crippen molar-refractivity contribution in [3.63, 3.8) is 0 Å². The Hall–Kier alpha value is -2.08. The number of hydrogen-bond acceptors (Lipinski definition) is 2. The molecule has 2 rings (SSSR count). The van der Waals surface area contributed by atoms with Crippen molar-refractivity contribution in [3.05, 3.63) is 71.8 Å². The van der Waals surface area contributed by atoms with Gasteiger partial charge in [0.25, 0.3) is 0 Å². The van der Waals surface area contributed by atoms with E-state index in [2.05, 4.69) is 93.6 Å². The molecular weight excluding hydrogens is 687 g/mol. The normalized spacial score (nSPS) is 12.1. The molecule has 0 radical (unpaired) electrons. The molecule has 0 aromatic heterocycles. The molecule has 0 saturated carbocycles. The number of allylic oxidation sites excluding steroid dienone is 2. The van der Waals surface area contributed by atoms with E-state index in [1.807, 2.05) is 6.21 Å². The monoisotopic (exact) mass is 758 g/mol. The molecule has 0 fully saturated rings. The summed E-state index contributed by atoms with van der Waals surface area (Å²) in [6.07, 6.45) is 44.4. The Bertz CT molecular complexity index is 1160. The van der Waals surface area contributed by atoms with E-state index in [0.29, 0.717) is 0 Å². The van der Waals surface area contributed by atoms with Crippen molar-refractivity contribution in [2.24, 2.45) is 9.98 Å². The van der Waals surface area contributed by atoms with Crippen LogP contribution in [0.15, 0.2) is 70.7 Å². The Morgan fingerprint density at radius 3 is 1.37 bits per heavy atom. The second kappa shape index (κ2) is 33.1. The summed E-state index contributed by atoms with van der Waals surface area (Å²) in [5.41, 5.74) is 5.50. The molecule has 0 atom stereocenters. The van der Waals surface area contributed by atoms with E-state index in [9.17, 15) is 0 Å². The van der Waals surface area contributed by atoms with Crippen LogP contribution < -0.4 is 0 Å². The van der Waals surface area contributed by atoms with E-state index in [1.165, 1.54) is 140 Å². The first kappa shape index (κ1) is 44.9. The Morgan fingerprint density at radius 2 is 0.898 bits per heavy atom. The van der Waals surface area contributed by atoms with Crippen LogP contribution in [-0.4, -0.2) is 11.9 Å². The summed E-state index contributed by atoms with van der Waals surface area (Å²) in [5, 5.41) is 0. The fourth-order valence-electron chi connectivity index (χ4n) is 6.17. The van der Waals surface area contributed by atoms with Crippen molar-refractivity contribution in [2.75, 3.05) is 0 Å². The molecule has 276 valence electrons. The summed E-state index contributed by atoms with van der Waals surface area (Å²) in [7, 11) is 0. The van der Waals surface area contributed by atoms with Gasteiger partial charge < -0.3 is 0 Å². The van der Waals surface area contributed by atoms with Gasteiger partial charge in [-0.3, -0.25) is 9.98 Å². The van der Waals surface area contributed by atoms with E-state index in [0.717, 1.165) is 49.2 Å². The largest absolute Gasteiger partial charge is 0.255 e. The minimum atomic E-state index is 0. The number of nitrogens with zero attached hydrogens (tertiary/aromatic N) is 2. The van der Waals surface area contributed by atoms with E-state index >= 15 is 0 Å². The van der Waals surface area contributed by atoms with Crippen LogP contribution in [0.3, 0.4) is 0 Å². The summed E-state index contributed by atoms with van der Waals surface area (Å²) in [6.45, 7) is 6.82. The molecule has 49 heavy (non-hydrogen) atoms. The molecule has 0 aliphatic rings. The number of hydrogen-bond donors (Lipinski definition) is 0. The molecule has 0 heterocycles. The van der Waals surface area contributed by atoms with Gasteiger partial charge in [0.1, 0.15) is 0 Å². The molecule has 2 aromatic rings.